The van der Waals surface area contributed by atoms with Crippen molar-refractivity contribution >= 4 is 18.2 Å². The summed E-state index contributed by atoms with van der Waals surface area (Å²) in [5.74, 6) is 0.897. The van der Waals surface area contributed by atoms with Gasteiger partial charge in [-0.1, -0.05) is 18.2 Å². The maximum absolute atomic E-state index is 12.6. The van der Waals surface area contributed by atoms with Gasteiger partial charge in [-0.15, -0.1) is 19.0 Å². The van der Waals surface area contributed by atoms with Crippen molar-refractivity contribution in [3.05, 3.63) is 60.8 Å². The van der Waals surface area contributed by atoms with Crippen LogP contribution in [0.1, 0.15) is 5.56 Å². The summed E-state index contributed by atoms with van der Waals surface area (Å²) >= 11 is 0. The van der Waals surface area contributed by atoms with Crippen molar-refractivity contribution in [1.29, 1.82) is 0 Å². The highest BCUT2D eigenvalue weighted by Gasteiger charge is 2.30. The number of anilines is 1. The third kappa shape index (κ3) is 4.77. The molecule has 26 heavy (non-hydrogen) atoms. The molecule has 0 spiro atoms. The molecular weight excluding hydrogens is 363 g/mol. The number of alkyl halides is 3. The molecule has 0 aliphatic carbocycles. The fourth-order valence-electron chi connectivity index (χ4n) is 2.94. The standard InChI is InChI=1S/C19H20F3N3.ClH/c1-2-9-24-10-12-25(13-11-24)18-8-5-16(14-23-18)15-3-6-17(7-4-15)19(20,21)22;/h2-8,14H,1,9-13H2;1H. The maximum Gasteiger partial charge on any atom is 0.416 e. The third-order valence-electron chi connectivity index (χ3n) is 4.38. The van der Waals surface area contributed by atoms with E-state index in [1.165, 1.54) is 12.1 Å². The molecule has 0 atom stereocenters. The number of hydrogen-bond donors (Lipinski definition) is 0. The Morgan fingerprint density at radius 2 is 1.58 bits per heavy atom. The first kappa shape index (κ1) is 20.3. The van der Waals surface area contributed by atoms with Gasteiger partial charge in [-0.25, -0.2) is 4.98 Å². The van der Waals surface area contributed by atoms with E-state index in [0.717, 1.165) is 61.8 Å². The molecule has 1 aliphatic rings. The quantitative estimate of drug-likeness (QED) is 0.725. The Kier molecular flexibility index (Phi) is 6.67. The number of aromatic nitrogens is 1. The van der Waals surface area contributed by atoms with Gasteiger partial charge in [0, 0.05) is 44.5 Å². The van der Waals surface area contributed by atoms with Crippen molar-refractivity contribution in [3.8, 4) is 11.1 Å². The van der Waals surface area contributed by atoms with Gasteiger partial charge < -0.3 is 4.90 Å². The number of halogens is 4. The number of piperazine rings is 1. The van der Waals surface area contributed by atoms with Gasteiger partial charge in [0.2, 0.25) is 0 Å². The zero-order valence-electron chi connectivity index (χ0n) is 14.2. The fraction of sp³-hybridized carbons (Fsp3) is 0.316. The zero-order valence-corrected chi connectivity index (χ0v) is 15.1. The van der Waals surface area contributed by atoms with Gasteiger partial charge >= 0.3 is 6.18 Å². The molecule has 0 N–H and O–H groups in total. The SMILES string of the molecule is C=CCN1CCN(c2ccc(-c3ccc(C(F)(F)F)cc3)cn2)CC1.Cl. The number of benzene rings is 1. The van der Waals surface area contributed by atoms with E-state index in [9.17, 15) is 13.2 Å². The van der Waals surface area contributed by atoms with Gasteiger partial charge in [-0.2, -0.15) is 13.2 Å². The molecule has 0 amide bonds. The summed E-state index contributed by atoms with van der Waals surface area (Å²) in [4.78, 5) is 9.04. The van der Waals surface area contributed by atoms with Crippen molar-refractivity contribution in [2.24, 2.45) is 0 Å². The second kappa shape index (κ2) is 8.56. The smallest absolute Gasteiger partial charge is 0.354 e. The first-order valence-electron chi connectivity index (χ1n) is 8.19. The molecule has 3 nitrogen and oxygen atoms in total. The monoisotopic (exact) mass is 383 g/mol. The van der Waals surface area contributed by atoms with E-state index < -0.39 is 11.7 Å². The van der Waals surface area contributed by atoms with Crippen LogP contribution in [0.5, 0.6) is 0 Å². The van der Waals surface area contributed by atoms with Gasteiger partial charge in [0.25, 0.3) is 0 Å². The van der Waals surface area contributed by atoms with Crippen molar-refractivity contribution in [1.82, 2.24) is 9.88 Å². The van der Waals surface area contributed by atoms with E-state index in [2.05, 4.69) is 21.4 Å². The highest BCUT2D eigenvalue weighted by molar-refractivity contribution is 5.85. The molecule has 3 rings (SSSR count). The Balaban J connectivity index is 0.00000243. The summed E-state index contributed by atoms with van der Waals surface area (Å²) in [5.41, 5.74) is 0.892. The fourth-order valence-corrected chi connectivity index (χ4v) is 2.94. The lowest BCUT2D eigenvalue weighted by molar-refractivity contribution is -0.137. The van der Waals surface area contributed by atoms with E-state index >= 15 is 0 Å². The van der Waals surface area contributed by atoms with Crippen LogP contribution in [0.15, 0.2) is 55.3 Å². The predicted molar refractivity (Wildman–Crippen MR) is 101 cm³/mol. The molecule has 1 aromatic heterocycles. The molecule has 2 heterocycles. The normalized spacial score (nSPS) is 15.4. The van der Waals surface area contributed by atoms with Crippen molar-refractivity contribution in [3.63, 3.8) is 0 Å². The summed E-state index contributed by atoms with van der Waals surface area (Å²) in [6.45, 7) is 8.40. The van der Waals surface area contributed by atoms with Crippen LogP contribution in [0.25, 0.3) is 11.1 Å². The lowest BCUT2D eigenvalue weighted by atomic mass is 10.1. The summed E-state index contributed by atoms with van der Waals surface area (Å²) in [6, 6.07) is 8.99. The first-order chi connectivity index (χ1) is 12.0. The number of rotatable bonds is 4. The molecule has 0 saturated carbocycles. The van der Waals surface area contributed by atoms with Crippen LogP contribution < -0.4 is 4.90 Å². The second-order valence-corrected chi connectivity index (χ2v) is 6.06. The lowest BCUT2D eigenvalue weighted by Gasteiger charge is -2.34. The van der Waals surface area contributed by atoms with Crippen molar-refractivity contribution < 1.29 is 13.2 Å². The van der Waals surface area contributed by atoms with Gasteiger partial charge in [0.05, 0.1) is 5.56 Å². The van der Waals surface area contributed by atoms with Crippen molar-refractivity contribution in [2.45, 2.75) is 6.18 Å². The third-order valence-corrected chi connectivity index (χ3v) is 4.38. The van der Waals surface area contributed by atoms with Crippen LogP contribution in [0, 0.1) is 0 Å². The average molecular weight is 384 g/mol. The minimum atomic E-state index is -4.31. The zero-order chi connectivity index (χ0) is 17.9. The topological polar surface area (TPSA) is 19.4 Å². The first-order valence-corrected chi connectivity index (χ1v) is 8.19. The molecule has 2 aromatic rings. The molecular formula is C19H21ClF3N3. The van der Waals surface area contributed by atoms with E-state index in [1.54, 1.807) is 6.20 Å². The van der Waals surface area contributed by atoms with E-state index in [1.807, 2.05) is 18.2 Å². The minimum absolute atomic E-state index is 0. The van der Waals surface area contributed by atoms with Crippen LogP contribution in [0.4, 0.5) is 19.0 Å². The molecule has 140 valence electrons. The summed E-state index contributed by atoms with van der Waals surface area (Å²) in [5, 5.41) is 0. The van der Waals surface area contributed by atoms with Gasteiger partial charge in [0.15, 0.2) is 0 Å². The predicted octanol–water partition coefficient (Wildman–Crippen LogP) is 4.50. The van der Waals surface area contributed by atoms with Crippen LogP contribution in [0.2, 0.25) is 0 Å². The van der Waals surface area contributed by atoms with Gasteiger partial charge in [-0.05, 0) is 29.8 Å². The van der Waals surface area contributed by atoms with Crippen LogP contribution in [-0.2, 0) is 6.18 Å². The summed E-state index contributed by atoms with van der Waals surface area (Å²) in [6.07, 6.45) is -0.685. The second-order valence-electron chi connectivity index (χ2n) is 6.06. The van der Waals surface area contributed by atoms with Crippen LogP contribution in [-0.4, -0.2) is 42.6 Å². The Hall–Kier alpha value is -2.05. The maximum atomic E-state index is 12.6. The number of hydrogen-bond acceptors (Lipinski definition) is 3. The Morgan fingerprint density at radius 1 is 0.962 bits per heavy atom. The van der Waals surface area contributed by atoms with Crippen LogP contribution >= 0.6 is 12.4 Å². The lowest BCUT2D eigenvalue weighted by Crippen LogP contribution is -2.46. The molecule has 1 aromatic carbocycles. The molecule has 1 fully saturated rings. The van der Waals surface area contributed by atoms with Crippen LogP contribution in [0.3, 0.4) is 0 Å². The Labute approximate surface area is 157 Å². The number of nitrogens with zero attached hydrogens (tertiary/aromatic N) is 3. The minimum Gasteiger partial charge on any atom is -0.354 e. The molecule has 0 radical (unpaired) electrons. The molecule has 0 bridgehead atoms. The summed E-state index contributed by atoms with van der Waals surface area (Å²) in [7, 11) is 0. The van der Waals surface area contributed by atoms with E-state index in [-0.39, 0.29) is 12.4 Å². The average Bonchev–Trinajstić information content (AvgIpc) is 2.62. The molecule has 7 heteroatoms. The van der Waals surface area contributed by atoms with E-state index in [0.29, 0.717) is 0 Å². The highest BCUT2D eigenvalue weighted by Crippen LogP contribution is 2.31. The largest absolute Gasteiger partial charge is 0.416 e. The molecule has 0 unspecified atom stereocenters. The molecule has 1 saturated heterocycles. The number of pyridine rings is 1. The Bertz CT molecular complexity index is 706. The molecule has 1 aliphatic heterocycles. The Morgan fingerprint density at radius 3 is 2.08 bits per heavy atom. The van der Waals surface area contributed by atoms with Gasteiger partial charge in [-0.3, -0.25) is 4.90 Å². The van der Waals surface area contributed by atoms with Crippen molar-refractivity contribution in [2.75, 3.05) is 37.6 Å². The van der Waals surface area contributed by atoms with E-state index in [4.69, 9.17) is 0 Å². The van der Waals surface area contributed by atoms with Gasteiger partial charge in [0.1, 0.15) is 5.82 Å². The highest BCUT2D eigenvalue weighted by atomic mass is 35.5. The summed E-state index contributed by atoms with van der Waals surface area (Å²) < 4.78 is 37.9.